The fraction of sp³-hybridized carbons (Fsp3) is 0.333. The van der Waals surface area contributed by atoms with E-state index < -0.39 is 17.1 Å². The van der Waals surface area contributed by atoms with Crippen LogP contribution in [0.15, 0.2) is 18.2 Å². The normalized spacial score (nSPS) is 15.4. The standard InChI is InChI=1S/C9H12FNO2/c1-9(11,5-12)6-3-2-4-7(10)8(6)13/h2-4,12-13H,5,11H2,1H3/t9-/m1/s1. The fourth-order valence-electron chi connectivity index (χ4n) is 1.06. The summed E-state index contributed by atoms with van der Waals surface area (Å²) in [7, 11) is 0. The van der Waals surface area contributed by atoms with Crippen LogP contribution in [0.5, 0.6) is 5.75 Å². The van der Waals surface area contributed by atoms with E-state index in [9.17, 15) is 9.50 Å². The van der Waals surface area contributed by atoms with Gasteiger partial charge in [0.15, 0.2) is 11.6 Å². The van der Waals surface area contributed by atoms with Gasteiger partial charge >= 0.3 is 0 Å². The summed E-state index contributed by atoms with van der Waals surface area (Å²) in [6, 6.07) is 4.05. The number of nitrogens with two attached hydrogens (primary N) is 1. The summed E-state index contributed by atoms with van der Waals surface area (Å²) in [6.45, 7) is 1.16. The van der Waals surface area contributed by atoms with Gasteiger partial charge in [-0.15, -0.1) is 0 Å². The molecular weight excluding hydrogens is 173 g/mol. The number of aliphatic hydroxyl groups is 1. The molecule has 1 aromatic rings. The van der Waals surface area contributed by atoms with Crippen LogP contribution in [0.1, 0.15) is 12.5 Å². The first-order valence-corrected chi connectivity index (χ1v) is 3.87. The molecule has 1 aromatic carbocycles. The molecule has 3 nitrogen and oxygen atoms in total. The van der Waals surface area contributed by atoms with Gasteiger partial charge in [0.05, 0.1) is 12.1 Å². The van der Waals surface area contributed by atoms with Crippen LogP contribution in [-0.2, 0) is 5.54 Å². The molecule has 0 saturated carbocycles. The molecule has 0 unspecified atom stereocenters. The molecule has 0 amide bonds. The third kappa shape index (κ3) is 1.79. The molecule has 4 N–H and O–H groups in total. The first kappa shape index (κ1) is 9.95. The van der Waals surface area contributed by atoms with Gasteiger partial charge in [0.25, 0.3) is 0 Å². The molecule has 0 fully saturated rings. The predicted octanol–water partition coefficient (Wildman–Crippen LogP) is 0.698. The van der Waals surface area contributed by atoms with Gasteiger partial charge in [-0.2, -0.15) is 0 Å². The lowest BCUT2D eigenvalue weighted by Crippen LogP contribution is -2.37. The highest BCUT2D eigenvalue weighted by Gasteiger charge is 2.24. The molecule has 0 aromatic heterocycles. The Hall–Kier alpha value is -1.13. The van der Waals surface area contributed by atoms with Crippen LogP contribution in [0.25, 0.3) is 0 Å². The van der Waals surface area contributed by atoms with E-state index >= 15 is 0 Å². The average molecular weight is 185 g/mol. The van der Waals surface area contributed by atoms with Gasteiger partial charge in [-0.1, -0.05) is 12.1 Å². The molecule has 0 bridgehead atoms. The minimum atomic E-state index is -1.12. The molecule has 4 heteroatoms. The van der Waals surface area contributed by atoms with E-state index in [1.807, 2.05) is 0 Å². The molecule has 13 heavy (non-hydrogen) atoms. The van der Waals surface area contributed by atoms with Crippen molar-refractivity contribution in [2.24, 2.45) is 5.73 Å². The molecule has 1 atom stereocenters. The largest absolute Gasteiger partial charge is 0.505 e. The SMILES string of the molecule is C[C@@](N)(CO)c1cccc(F)c1O. The Kier molecular flexibility index (Phi) is 2.54. The first-order valence-electron chi connectivity index (χ1n) is 3.87. The number of benzene rings is 1. The summed E-state index contributed by atoms with van der Waals surface area (Å²) in [5.41, 5.74) is 4.72. The van der Waals surface area contributed by atoms with Crippen LogP contribution in [-0.4, -0.2) is 16.8 Å². The quantitative estimate of drug-likeness (QED) is 0.635. The molecule has 0 radical (unpaired) electrons. The molecule has 0 heterocycles. The molecule has 0 aliphatic carbocycles. The number of aromatic hydroxyl groups is 1. The molecule has 0 aliphatic heterocycles. The Labute approximate surface area is 75.6 Å². The molecule has 1 rings (SSSR count). The highest BCUT2D eigenvalue weighted by atomic mass is 19.1. The number of phenols is 1. The third-order valence-electron chi connectivity index (χ3n) is 1.93. The van der Waals surface area contributed by atoms with Crippen molar-refractivity contribution in [2.75, 3.05) is 6.61 Å². The first-order chi connectivity index (χ1) is 5.99. The van der Waals surface area contributed by atoms with Crippen molar-refractivity contribution in [3.05, 3.63) is 29.6 Å². The van der Waals surface area contributed by atoms with Crippen LogP contribution >= 0.6 is 0 Å². The molecule has 0 saturated heterocycles. The van der Waals surface area contributed by atoms with E-state index in [0.717, 1.165) is 6.07 Å². The zero-order chi connectivity index (χ0) is 10.1. The van der Waals surface area contributed by atoms with Gasteiger partial charge in [0.2, 0.25) is 0 Å². The lowest BCUT2D eigenvalue weighted by molar-refractivity contribution is 0.206. The second-order valence-corrected chi connectivity index (χ2v) is 3.21. The van der Waals surface area contributed by atoms with Crippen molar-refractivity contribution >= 4 is 0 Å². The number of hydrogen-bond acceptors (Lipinski definition) is 3. The van der Waals surface area contributed by atoms with Crippen LogP contribution < -0.4 is 5.73 Å². The highest BCUT2D eigenvalue weighted by Crippen LogP contribution is 2.28. The second kappa shape index (κ2) is 3.32. The van der Waals surface area contributed by atoms with Crippen molar-refractivity contribution in [3.8, 4) is 5.75 Å². The lowest BCUT2D eigenvalue weighted by Gasteiger charge is -2.23. The van der Waals surface area contributed by atoms with Crippen LogP contribution in [0.3, 0.4) is 0 Å². The van der Waals surface area contributed by atoms with Crippen molar-refractivity contribution in [1.82, 2.24) is 0 Å². The van der Waals surface area contributed by atoms with E-state index in [1.54, 1.807) is 0 Å². The Morgan fingerprint density at radius 2 is 2.15 bits per heavy atom. The third-order valence-corrected chi connectivity index (χ3v) is 1.93. The van der Waals surface area contributed by atoms with E-state index in [4.69, 9.17) is 10.8 Å². The maximum Gasteiger partial charge on any atom is 0.165 e. The zero-order valence-electron chi connectivity index (χ0n) is 7.29. The monoisotopic (exact) mass is 185 g/mol. The van der Waals surface area contributed by atoms with Crippen molar-refractivity contribution < 1.29 is 14.6 Å². The Morgan fingerprint density at radius 1 is 1.54 bits per heavy atom. The van der Waals surface area contributed by atoms with Crippen LogP contribution in [0, 0.1) is 5.82 Å². The van der Waals surface area contributed by atoms with E-state index in [1.165, 1.54) is 19.1 Å². The predicted molar refractivity (Wildman–Crippen MR) is 46.7 cm³/mol. The molecule has 0 spiro atoms. The number of rotatable bonds is 2. The minimum absolute atomic E-state index is 0.204. The van der Waals surface area contributed by atoms with Crippen molar-refractivity contribution in [2.45, 2.75) is 12.5 Å². The summed E-state index contributed by atoms with van der Waals surface area (Å²) in [4.78, 5) is 0. The Balaban J connectivity index is 3.22. The Morgan fingerprint density at radius 3 is 2.69 bits per heavy atom. The van der Waals surface area contributed by atoms with Gasteiger partial charge < -0.3 is 15.9 Å². The molecular formula is C9H12FNO2. The van der Waals surface area contributed by atoms with Gasteiger partial charge in [-0.25, -0.2) is 4.39 Å². The van der Waals surface area contributed by atoms with Gasteiger partial charge in [-0.3, -0.25) is 0 Å². The summed E-state index contributed by atoms with van der Waals surface area (Å²) in [6.07, 6.45) is 0. The number of halogens is 1. The van der Waals surface area contributed by atoms with Gasteiger partial charge in [-0.05, 0) is 13.0 Å². The number of phenolic OH excluding ortho intramolecular Hbond substituents is 1. The summed E-state index contributed by atoms with van der Waals surface area (Å²) >= 11 is 0. The maximum absolute atomic E-state index is 12.9. The topological polar surface area (TPSA) is 66.5 Å². The van der Waals surface area contributed by atoms with E-state index in [-0.39, 0.29) is 12.2 Å². The Bertz CT molecular complexity index is 312. The number of aliphatic hydroxyl groups excluding tert-OH is 1. The van der Waals surface area contributed by atoms with E-state index in [0.29, 0.717) is 0 Å². The molecule has 72 valence electrons. The average Bonchev–Trinajstić information content (AvgIpc) is 2.09. The van der Waals surface area contributed by atoms with Gasteiger partial charge in [0.1, 0.15) is 0 Å². The summed E-state index contributed by atoms with van der Waals surface area (Å²) in [5, 5.41) is 18.2. The summed E-state index contributed by atoms with van der Waals surface area (Å²) < 4.78 is 12.9. The van der Waals surface area contributed by atoms with Gasteiger partial charge in [0, 0.05) is 5.56 Å². The smallest absolute Gasteiger partial charge is 0.165 e. The summed E-state index contributed by atoms with van der Waals surface area (Å²) in [5.74, 6) is -1.23. The zero-order valence-corrected chi connectivity index (χ0v) is 7.29. The van der Waals surface area contributed by atoms with Crippen molar-refractivity contribution in [3.63, 3.8) is 0 Å². The number of para-hydroxylation sites is 1. The highest BCUT2D eigenvalue weighted by molar-refractivity contribution is 5.38. The van der Waals surface area contributed by atoms with Crippen molar-refractivity contribution in [1.29, 1.82) is 0 Å². The minimum Gasteiger partial charge on any atom is -0.505 e. The van der Waals surface area contributed by atoms with Crippen LogP contribution in [0.2, 0.25) is 0 Å². The molecule has 0 aliphatic rings. The lowest BCUT2D eigenvalue weighted by atomic mass is 9.93. The fourth-order valence-corrected chi connectivity index (χ4v) is 1.06. The number of hydrogen-bond donors (Lipinski definition) is 3. The van der Waals surface area contributed by atoms with E-state index in [2.05, 4.69) is 0 Å². The maximum atomic E-state index is 12.9. The second-order valence-electron chi connectivity index (χ2n) is 3.21. The van der Waals surface area contributed by atoms with Crippen LogP contribution in [0.4, 0.5) is 4.39 Å².